The second-order valence-electron chi connectivity index (χ2n) is 30.3. The van der Waals surface area contributed by atoms with Crippen molar-refractivity contribution in [2.75, 3.05) is 0 Å². The molecule has 17 aromatic heterocycles. The maximum absolute atomic E-state index is 5.12. The van der Waals surface area contributed by atoms with E-state index in [9.17, 15) is 0 Å². The van der Waals surface area contributed by atoms with Crippen LogP contribution in [0.5, 0.6) is 0 Å². The van der Waals surface area contributed by atoms with E-state index < -0.39 is 0 Å². The van der Waals surface area contributed by atoms with Gasteiger partial charge in [-0.15, -0.1) is 102 Å². The van der Waals surface area contributed by atoms with Crippen LogP contribution in [0.25, 0.3) is 187 Å². The average molecular weight is 1970 g/mol. The molecule has 0 N–H and O–H groups in total. The number of nitrogens with zero attached hydrogens (tertiary/aromatic N) is 10. The summed E-state index contributed by atoms with van der Waals surface area (Å²) in [6.07, 6.45) is 15.6. The quantitative estimate of drug-likeness (QED) is 0.133. The van der Waals surface area contributed by atoms with Gasteiger partial charge in [-0.3, -0.25) is 24.9 Å². The average Bonchev–Trinajstić information content (AvgIpc) is 1.58. The van der Waals surface area contributed by atoms with Crippen molar-refractivity contribution < 1.29 is 8.83 Å². The van der Waals surface area contributed by atoms with Crippen LogP contribution in [0.3, 0.4) is 0 Å². The first-order chi connectivity index (χ1) is 68.5. The third-order valence-corrected chi connectivity index (χ3v) is 31.0. The summed E-state index contributed by atoms with van der Waals surface area (Å²) in [4.78, 5) is 44.0. The Morgan fingerprint density at radius 1 is 0.203 bits per heavy atom. The monoisotopic (exact) mass is 1960 g/mol. The Labute approximate surface area is 833 Å². The molecule has 12 nitrogen and oxygen atoms in total. The Kier molecular flexibility index (Phi) is 31.1. The van der Waals surface area contributed by atoms with Crippen LogP contribution in [-0.2, 0) is 0 Å². The van der Waals surface area contributed by atoms with Gasteiger partial charge in [-0.05, 0) is 199 Å². The summed E-state index contributed by atoms with van der Waals surface area (Å²) in [6.45, 7) is 0. The minimum Gasteiger partial charge on any atom is -0.473 e. The lowest BCUT2D eigenvalue weighted by molar-refractivity contribution is 0.567. The molecule has 0 radical (unpaired) electrons. The molecular weight excluding hydrogens is 1890 g/mol. The van der Waals surface area contributed by atoms with Crippen molar-refractivity contribution in [2.45, 2.75) is 0 Å². The summed E-state index contributed by atoms with van der Waals surface area (Å²) in [6, 6.07) is 130. The molecule has 138 heavy (non-hydrogen) atoms. The number of pyridine rings is 3. The van der Waals surface area contributed by atoms with Gasteiger partial charge in [0.05, 0.1) is 104 Å². The van der Waals surface area contributed by atoms with Gasteiger partial charge in [0, 0.05) is 114 Å². The maximum Gasteiger partial charge on any atom is 0.154 e. The summed E-state index contributed by atoms with van der Waals surface area (Å²) in [7, 11) is 0. The molecule has 0 saturated carbocycles. The van der Waals surface area contributed by atoms with Crippen LogP contribution in [0.4, 0.5) is 0 Å². The van der Waals surface area contributed by atoms with Crippen molar-refractivity contribution in [3.8, 4) is 0 Å². The number of rotatable bonds is 0. The minimum atomic E-state index is 0.949. The van der Waals surface area contributed by atoms with E-state index in [1.807, 2.05) is 297 Å². The largest absolute Gasteiger partial charge is 0.473 e. The van der Waals surface area contributed by atoms with Crippen molar-refractivity contribution in [1.29, 1.82) is 0 Å². The number of para-hydroxylation sites is 10. The fourth-order valence-electron chi connectivity index (χ4n) is 14.8. The Balaban J connectivity index is 0.0000000979. The molecule has 31 rings (SSSR count). The van der Waals surface area contributed by atoms with Gasteiger partial charge in [-0.2, -0.15) is 11.3 Å². The lowest BCUT2D eigenvalue weighted by atomic mass is 10.1. The van der Waals surface area contributed by atoms with Crippen molar-refractivity contribution in [1.82, 2.24) is 49.8 Å². The summed E-state index contributed by atoms with van der Waals surface area (Å²) in [5, 5.41) is 28.4. The van der Waals surface area contributed by atoms with Crippen LogP contribution in [-0.4, -0.2) is 49.8 Å². The highest BCUT2D eigenvalue weighted by molar-refractivity contribution is 7.37. The lowest BCUT2D eigenvalue weighted by Gasteiger charge is -1.99. The number of thiophene rings is 7. The van der Waals surface area contributed by atoms with Crippen LogP contribution in [0.1, 0.15) is 0 Å². The number of hydrogen-bond donors (Lipinski definition) is 0. The maximum atomic E-state index is 5.12. The van der Waals surface area contributed by atoms with Crippen LogP contribution >= 0.6 is 113 Å². The first kappa shape index (κ1) is 91.8. The van der Waals surface area contributed by atoms with Crippen molar-refractivity contribution >= 4 is 301 Å². The number of benzene rings is 14. The van der Waals surface area contributed by atoms with Gasteiger partial charge in [-0.25, -0.2) is 24.9 Å². The highest BCUT2D eigenvalue weighted by Crippen LogP contribution is 2.47. The van der Waals surface area contributed by atoms with Crippen molar-refractivity contribution in [3.05, 3.63) is 482 Å². The Hall–Kier alpha value is -15.3. The van der Waals surface area contributed by atoms with E-state index in [0.29, 0.717) is 0 Å². The molecule has 666 valence electrons. The van der Waals surface area contributed by atoms with Crippen LogP contribution in [0.15, 0.2) is 490 Å². The predicted octanol–water partition coefficient (Wildman–Crippen LogP) is 36.4. The highest BCUT2D eigenvalue weighted by atomic mass is 32.1. The summed E-state index contributed by atoms with van der Waals surface area (Å²) < 4.78 is 23.9. The molecule has 0 spiro atoms. The molecule has 0 unspecified atom stereocenters. The first-order valence-electron chi connectivity index (χ1n) is 43.7. The van der Waals surface area contributed by atoms with Gasteiger partial charge in [0.2, 0.25) is 0 Å². The van der Waals surface area contributed by atoms with Gasteiger partial charge in [-0.1, -0.05) is 237 Å². The fraction of sp³-hybridized carbons (Fsp3) is 0. The number of thiazole rings is 3. The molecule has 0 aliphatic rings. The van der Waals surface area contributed by atoms with Crippen LogP contribution < -0.4 is 0 Å². The van der Waals surface area contributed by atoms with Gasteiger partial charge in [0.25, 0.3) is 0 Å². The molecule has 0 bridgehead atoms. The Bertz CT molecular complexity index is 8050. The molecule has 0 atom stereocenters. The predicted molar refractivity (Wildman–Crippen MR) is 600 cm³/mol. The molecule has 0 fully saturated rings. The fourth-order valence-corrected chi connectivity index (χ4v) is 24.2. The van der Waals surface area contributed by atoms with E-state index in [0.717, 1.165) is 70.3 Å². The minimum absolute atomic E-state index is 0.949. The second kappa shape index (κ2) is 46.8. The Morgan fingerprint density at radius 2 is 0.616 bits per heavy atom. The molecule has 0 saturated heterocycles. The highest BCUT2D eigenvalue weighted by Gasteiger charge is 2.15. The zero-order valence-corrected chi connectivity index (χ0v) is 81.7. The third-order valence-electron chi connectivity index (χ3n) is 21.3. The summed E-state index contributed by atoms with van der Waals surface area (Å²) in [5.74, 6) is 0. The number of fused-ring (bicyclic) bond motifs is 22. The van der Waals surface area contributed by atoms with Gasteiger partial charge in [0.1, 0.15) is 5.58 Å². The van der Waals surface area contributed by atoms with Crippen molar-refractivity contribution in [3.63, 3.8) is 0 Å². The molecule has 0 amide bonds. The van der Waals surface area contributed by atoms with E-state index in [4.69, 9.17) is 4.42 Å². The number of furan rings is 2. The zero-order chi connectivity index (χ0) is 92.9. The van der Waals surface area contributed by atoms with Gasteiger partial charge >= 0.3 is 0 Å². The third kappa shape index (κ3) is 23.6. The standard InChI is InChI=1S/C22H12S2.C14H8S2.C13H9N.C12H8N2.2C9H7N.C8H6N2.C8H6O.C6H4S2.C4H2N2S2.C4H4O.C4H4S.C3H3NS/c1-3-7-15-11-19-17(9-13(15)5-1)21-22(23-19)18-10-14-6-2-4-8-16(14)12-20(18)24-21;1-3-7-11-9(5-1)13-14(15-11)10-6-2-4-8-12(10)16-13;1-3-7-12-10(5-1)9-11-6-2-4-8-13(11)14-12;1-2-6-10-9(5-1)13-11-7-3-4-8-12(11)14-10;1-2-6-9-8(4-1)5-3-7-10-9;1-2-4-9-7-10-6-5-8(9)3-1;1-2-4-8-7(3-1)9-5-6-10-8;1-2-4-8-7(3-1)5-6-9-8;1-3-7-6-2-4-8-5(1)6;1-5-3-4(7-1)6-2-8-3;2*1-2-4-5-3-1;1-2-5-3-4-1/h1-12H;1-8H;1-9H;1-8H;2*1-7H;1-6H;1-6H;1-4H;1-2H;2*1-4H;1-3H. The molecule has 31 aromatic rings. The topological polar surface area (TPSA) is 155 Å². The summed E-state index contributed by atoms with van der Waals surface area (Å²) in [5.41, 5.74) is 15.3. The van der Waals surface area contributed by atoms with E-state index in [-0.39, 0.29) is 0 Å². The molecular formula is C116H80N10O2S10. The molecule has 0 aliphatic carbocycles. The molecule has 0 aliphatic heterocycles. The van der Waals surface area contributed by atoms with E-state index in [1.54, 1.807) is 111 Å². The van der Waals surface area contributed by atoms with Crippen molar-refractivity contribution in [2.24, 2.45) is 0 Å². The zero-order valence-electron chi connectivity index (χ0n) is 73.6. The molecule has 14 aromatic carbocycles. The number of aromatic nitrogens is 10. The summed E-state index contributed by atoms with van der Waals surface area (Å²) >= 11 is 17.8. The van der Waals surface area contributed by atoms with Gasteiger partial charge < -0.3 is 8.83 Å². The molecule has 22 heteroatoms. The van der Waals surface area contributed by atoms with E-state index >= 15 is 0 Å². The van der Waals surface area contributed by atoms with Crippen LogP contribution in [0.2, 0.25) is 0 Å². The van der Waals surface area contributed by atoms with E-state index in [2.05, 4.69) is 241 Å². The van der Waals surface area contributed by atoms with Crippen LogP contribution in [0, 0.1) is 0 Å². The number of hydrogen-bond acceptors (Lipinski definition) is 22. The first-order valence-corrected chi connectivity index (χ1v) is 52.4. The normalized spacial score (nSPS) is 10.6. The SMILES string of the molecule is c1cc2sccc2s1.c1ccc2c(c1)sc1c3ccccc3sc21.c1ccc2cc3c(cc2c1)sc1c2cc4ccccc4cc2sc31.c1ccc2cnccc2c1.c1ccc2nc3ccccc3cc2c1.c1ccc2nc3ccccc3nc2c1.c1ccc2ncccc2c1.c1ccc2nccnc2c1.c1ccc2occc2c1.c1ccoc1.c1ccsc1.c1cscn1.c1nc2scnc2s1. The lowest BCUT2D eigenvalue weighted by Crippen LogP contribution is -1.85. The smallest absolute Gasteiger partial charge is 0.154 e. The van der Waals surface area contributed by atoms with Gasteiger partial charge in [0.15, 0.2) is 9.66 Å². The molecule has 17 heterocycles. The Morgan fingerprint density at radius 3 is 1.08 bits per heavy atom. The van der Waals surface area contributed by atoms with E-state index in [1.165, 1.54) is 117 Å². The second-order valence-corrected chi connectivity index (χ2v) is 39.6.